The van der Waals surface area contributed by atoms with E-state index in [1.165, 1.54) is 12.1 Å². The maximum absolute atomic E-state index is 12.7. The average molecular weight is 398 g/mol. The molecule has 2 fully saturated rings. The summed E-state index contributed by atoms with van der Waals surface area (Å²) in [6.45, 7) is 5.92. The van der Waals surface area contributed by atoms with Crippen molar-refractivity contribution in [3.05, 3.63) is 29.8 Å². The number of hydrogen-bond acceptors (Lipinski definition) is 4. The standard InChI is InChI=1S/C21H29F3N2O2/c1-25-17-8-6-12-26(14-17)15-19(20(27)10-3-2-4-11-20)16-7-5-9-18(13-16)28-21(22,23)24/h5,7,9,13,17,19,27H,1-4,6,8,10-12,14-15H2/t17-,19?/m0/s1. The van der Waals surface area contributed by atoms with Crippen molar-refractivity contribution in [3.8, 4) is 5.75 Å². The van der Waals surface area contributed by atoms with Crippen LogP contribution in [0.1, 0.15) is 56.4 Å². The van der Waals surface area contributed by atoms with Crippen LogP contribution in [0.15, 0.2) is 29.3 Å². The van der Waals surface area contributed by atoms with E-state index in [-0.39, 0.29) is 17.7 Å². The monoisotopic (exact) mass is 398 g/mol. The van der Waals surface area contributed by atoms with Gasteiger partial charge in [0.15, 0.2) is 0 Å². The second-order valence-corrected chi connectivity index (χ2v) is 8.08. The van der Waals surface area contributed by atoms with Gasteiger partial charge in [0.1, 0.15) is 5.75 Å². The van der Waals surface area contributed by atoms with Gasteiger partial charge in [0, 0.05) is 19.0 Å². The fourth-order valence-corrected chi connectivity index (χ4v) is 4.63. The summed E-state index contributed by atoms with van der Waals surface area (Å²) in [6, 6.07) is 6.28. The molecule has 1 aliphatic carbocycles. The first-order valence-electron chi connectivity index (χ1n) is 10.1. The van der Waals surface area contributed by atoms with Gasteiger partial charge in [-0.15, -0.1) is 13.2 Å². The molecule has 156 valence electrons. The number of aliphatic hydroxyl groups is 1. The fourth-order valence-electron chi connectivity index (χ4n) is 4.63. The highest BCUT2D eigenvalue weighted by Gasteiger charge is 2.40. The van der Waals surface area contributed by atoms with Crippen LogP contribution in [-0.4, -0.2) is 54.4 Å². The van der Waals surface area contributed by atoms with Gasteiger partial charge in [-0.1, -0.05) is 31.4 Å². The Hall–Kier alpha value is -1.60. The maximum Gasteiger partial charge on any atom is 0.573 e. The zero-order chi connectivity index (χ0) is 20.2. The van der Waals surface area contributed by atoms with Gasteiger partial charge in [0.2, 0.25) is 0 Å². The van der Waals surface area contributed by atoms with Gasteiger partial charge in [-0.2, -0.15) is 0 Å². The molecule has 4 nitrogen and oxygen atoms in total. The lowest BCUT2D eigenvalue weighted by Gasteiger charge is -2.43. The number of aliphatic imine (C=N–C) groups is 1. The van der Waals surface area contributed by atoms with Crippen molar-refractivity contribution in [1.29, 1.82) is 0 Å². The topological polar surface area (TPSA) is 45.1 Å². The summed E-state index contributed by atoms with van der Waals surface area (Å²) in [7, 11) is 0. The van der Waals surface area contributed by atoms with Crippen LogP contribution in [0.25, 0.3) is 0 Å². The Labute approximate surface area is 164 Å². The van der Waals surface area contributed by atoms with Gasteiger partial charge in [0.25, 0.3) is 0 Å². The van der Waals surface area contributed by atoms with Crippen LogP contribution in [0.2, 0.25) is 0 Å². The third kappa shape index (κ3) is 5.47. The predicted octanol–water partition coefficient (Wildman–Crippen LogP) is 4.53. The minimum absolute atomic E-state index is 0.176. The van der Waals surface area contributed by atoms with Crippen molar-refractivity contribution in [2.75, 3.05) is 19.6 Å². The van der Waals surface area contributed by atoms with E-state index >= 15 is 0 Å². The van der Waals surface area contributed by atoms with E-state index < -0.39 is 12.0 Å². The highest BCUT2D eigenvalue weighted by Crippen LogP contribution is 2.41. The number of nitrogens with zero attached hydrogens (tertiary/aromatic N) is 2. The van der Waals surface area contributed by atoms with Crippen LogP contribution in [0, 0.1) is 0 Å². The summed E-state index contributed by atoms with van der Waals surface area (Å²) in [5.41, 5.74) is -0.219. The van der Waals surface area contributed by atoms with Crippen LogP contribution in [-0.2, 0) is 0 Å². The molecule has 1 saturated heterocycles. The van der Waals surface area contributed by atoms with Gasteiger partial charge in [0.05, 0.1) is 11.6 Å². The number of piperidine rings is 1. The molecule has 2 aliphatic rings. The summed E-state index contributed by atoms with van der Waals surface area (Å²) in [5.74, 6) is -0.508. The minimum atomic E-state index is -4.73. The Morgan fingerprint density at radius 2 is 2.00 bits per heavy atom. The van der Waals surface area contributed by atoms with Crippen LogP contribution < -0.4 is 4.74 Å². The first kappa shape index (κ1) is 21.1. The largest absolute Gasteiger partial charge is 0.573 e. The van der Waals surface area contributed by atoms with E-state index in [9.17, 15) is 18.3 Å². The molecule has 1 saturated carbocycles. The number of rotatable bonds is 6. The highest BCUT2D eigenvalue weighted by atomic mass is 19.4. The van der Waals surface area contributed by atoms with Gasteiger partial charge < -0.3 is 14.7 Å². The molecule has 0 spiro atoms. The van der Waals surface area contributed by atoms with Gasteiger partial charge in [-0.25, -0.2) is 0 Å². The lowest BCUT2D eigenvalue weighted by molar-refractivity contribution is -0.274. The highest BCUT2D eigenvalue weighted by molar-refractivity contribution is 5.33. The smallest absolute Gasteiger partial charge is 0.406 e. The quantitative estimate of drug-likeness (QED) is 0.716. The Kier molecular flexibility index (Phi) is 6.65. The number of ether oxygens (including phenoxy) is 1. The molecule has 1 aromatic rings. The second-order valence-electron chi connectivity index (χ2n) is 8.08. The van der Waals surface area contributed by atoms with Crippen molar-refractivity contribution in [2.45, 2.75) is 68.9 Å². The van der Waals surface area contributed by atoms with E-state index in [2.05, 4.69) is 21.3 Å². The third-order valence-electron chi connectivity index (χ3n) is 6.04. The summed E-state index contributed by atoms with van der Waals surface area (Å²) in [5, 5.41) is 11.4. The Balaban J connectivity index is 1.86. The molecule has 0 radical (unpaired) electrons. The molecule has 0 amide bonds. The lowest BCUT2D eigenvalue weighted by atomic mass is 9.72. The Morgan fingerprint density at radius 3 is 2.68 bits per heavy atom. The first-order chi connectivity index (χ1) is 13.3. The second kappa shape index (κ2) is 8.82. The molecule has 1 N–H and O–H groups in total. The van der Waals surface area contributed by atoms with E-state index in [0.717, 1.165) is 45.2 Å². The average Bonchev–Trinajstić information content (AvgIpc) is 2.65. The summed E-state index contributed by atoms with van der Waals surface area (Å²) in [4.78, 5) is 6.42. The van der Waals surface area contributed by atoms with E-state index in [1.54, 1.807) is 12.1 Å². The molecule has 3 rings (SSSR count). The molecule has 1 unspecified atom stereocenters. The van der Waals surface area contributed by atoms with Crippen molar-refractivity contribution < 1.29 is 23.0 Å². The number of benzene rings is 1. The van der Waals surface area contributed by atoms with Crippen molar-refractivity contribution in [3.63, 3.8) is 0 Å². The molecule has 2 atom stereocenters. The van der Waals surface area contributed by atoms with E-state index in [1.807, 2.05) is 0 Å². The molecule has 1 heterocycles. The fraction of sp³-hybridized carbons (Fsp3) is 0.667. The summed E-state index contributed by atoms with van der Waals surface area (Å²) >= 11 is 0. The molecule has 0 aromatic heterocycles. The van der Waals surface area contributed by atoms with Gasteiger partial charge in [-0.3, -0.25) is 4.99 Å². The van der Waals surface area contributed by atoms with Crippen LogP contribution in [0.5, 0.6) is 5.75 Å². The molecule has 7 heteroatoms. The molecular formula is C21H29F3N2O2. The summed E-state index contributed by atoms with van der Waals surface area (Å²) in [6.07, 6.45) is 1.56. The van der Waals surface area contributed by atoms with Crippen molar-refractivity contribution >= 4 is 6.72 Å². The SMILES string of the molecule is C=N[C@H]1CCCN(CC(c2cccc(OC(F)(F)F)c2)C2(O)CCCCC2)C1. The van der Waals surface area contributed by atoms with Gasteiger partial charge >= 0.3 is 6.36 Å². The Morgan fingerprint density at radius 1 is 1.25 bits per heavy atom. The van der Waals surface area contributed by atoms with Crippen molar-refractivity contribution in [2.24, 2.45) is 4.99 Å². The minimum Gasteiger partial charge on any atom is -0.406 e. The lowest BCUT2D eigenvalue weighted by Crippen LogP contribution is -2.47. The molecule has 1 aliphatic heterocycles. The first-order valence-corrected chi connectivity index (χ1v) is 10.1. The van der Waals surface area contributed by atoms with E-state index in [4.69, 9.17) is 0 Å². The summed E-state index contributed by atoms with van der Waals surface area (Å²) < 4.78 is 42.1. The number of halogens is 3. The normalized spacial score (nSPS) is 24.5. The van der Waals surface area contributed by atoms with Crippen LogP contribution >= 0.6 is 0 Å². The predicted molar refractivity (Wildman–Crippen MR) is 103 cm³/mol. The van der Waals surface area contributed by atoms with Crippen molar-refractivity contribution in [1.82, 2.24) is 4.90 Å². The maximum atomic E-state index is 12.7. The van der Waals surface area contributed by atoms with Gasteiger partial charge in [-0.05, 0) is 56.6 Å². The number of alkyl halides is 3. The zero-order valence-electron chi connectivity index (χ0n) is 16.1. The Bertz CT molecular complexity index is 659. The molecular weight excluding hydrogens is 369 g/mol. The van der Waals surface area contributed by atoms with E-state index in [0.29, 0.717) is 24.9 Å². The zero-order valence-corrected chi connectivity index (χ0v) is 16.1. The molecule has 1 aromatic carbocycles. The molecule has 0 bridgehead atoms. The number of likely N-dealkylation sites (tertiary alicyclic amines) is 1. The third-order valence-corrected chi connectivity index (χ3v) is 6.04. The van der Waals surface area contributed by atoms with Crippen LogP contribution in [0.3, 0.4) is 0 Å². The van der Waals surface area contributed by atoms with Crippen LogP contribution in [0.4, 0.5) is 13.2 Å². The molecule has 28 heavy (non-hydrogen) atoms. The number of hydrogen-bond donors (Lipinski definition) is 1.